The van der Waals surface area contributed by atoms with E-state index in [1.807, 2.05) is 29.5 Å². The fourth-order valence-corrected chi connectivity index (χ4v) is 9.34. The number of aromatic nitrogens is 1. The Morgan fingerprint density at radius 1 is 0.519 bits per heavy atom. The van der Waals surface area contributed by atoms with E-state index in [2.05, 4.69) is 151 Å². The number of allylic oxidation sites excluding steroid dienone is 1. The van der Waals surface area contributed by atoms with E-state index in [1.165, 1.54) is 30.9 Å². The van der Waals surface area contributed by atoms with Crippen LogP contribution in [0.3, 0.4) is 0 Å². The first-order valence-electron chi connectivity index (χ1n) is 17.5. The predicted octanol–water partition coefficient (Wildman–Crippen LogP) is 12.5. The third-order valence-electron chi connectivity index (χ3n) is 10.3. The zero-order valence-corrected chi connectivity index (χ0v) is 28.7. The standard InChI is InChI=1S/C47H29N3OS/c1-3-13-28(14-4-1)38-27-39(33-20-12-24-41-42(33)34-18-8-10-23-40(34)51-41)50-47(49-38)36-21-11-19-30-31-25-26-35-43(46(31)52-45(30)36)32-17-7-9-22-37(32)48-44(35)29-15-5-2-6-16-29/h1-27,47,49H. The molecule has 1 unspecified atom stereocenters. The monoisotopic (exact) mass is 683 g/mol. The zero-order chi connectivity index (χ0) is 34.2. The van der Waals surface area contributed by atoms with E-state index in [-0.39, 0.29) is 6.17 Å². The van der Waals surface area contributed by atoms with Gasteiger partial charge in [0.05, 0.1) is 16.9 Å². The SMILES string of the molecule is C1=C(c2ccccc2)NC(c2cccc3c2sc2c3ccc3c(-c4ccccc4)nc4ccccc4c32)N=C1c1cccc2oc3ccccc3c12. The Morgan fingerprint density at radius 2 is 1.19 bits per heavy atom. The summed E-state index contributed by atoms with van der Waals surface area (Å²) < 4.78 is 8.80. The Hall–Kier alpha value is -6.56. The molecule has 0 bridgehead atoms. The minimum absolute atomic E-state index is 0.315. The molecule has 0 spiro atoms. The lowest BCUT2D eigenvalue weighted by Gasteiger charge is -2.25. The zero-order valence-electron chi connectivity index (χ0n) is 27.9. The van der Waals surface area contributed by atoms with E-state index in [0.29, 0.717) is 0 Å². The average molecular weight is 684 g/mol. The molecule has 4 nitrogen and oxygen atoms in total. The summed E-state index contributed by atoms with van der Waals surface area (Å²) in [5, 5.41) is 12.1. The van der Waals surface area contributed by atoms with Crippen molar-refractivity contribution in [2.45, 2.75) is 6.17 Å². The summed E-state index contributed by atoms with van der Waals surface area (Å²) in [6.07, 6.45) is 1.87. The van der Waals surface area contributed by atoms with E-state index in [9.17, 15) is 0 Å². The minimum atomic E-state index is -0.315. The number of hydrogen-bond donors (Lipinski definition) is 1. The van der Waals surface area contributed by atoms with Crippen molar-refractivity contribution >= 4 is 86.5 Å². The number of hydrogen-bond acceptors (Lipinski definition) is 5. The Morgan fingerprint density at radius 3 is 2.06 bits per heavy atom. The third kappa shape index (κ3) is 4.46. The van der Waals surface area contributed by atoms with Crippen molar-refractivity contribution in [2.24, 2.45) is 4.99 Å². The molecule has 10 aromatic rings. The van der Waals surface area contributed by atoms with Crippen molar-refractivity contribution in [1.29, 1.82) is 0 Å². The summed E-state index contributed by atoms with van der Waals surface area (Å²) in [5.41, 5.74) is 10.2. The van der Waals surface area contributed by atoms with Gasteiger partial charge in [0.1, 0.15) is 17.3 Å². The van der Waals surface area contributed by atoms with Gasteiger partial charge in [0, 0.05) is 69.5 Å². The van der Waals surface area contributed by atoms with Crippen LogP contribution in [-0.2, 0) is 0 Å². The molecule has 4 heterocycles. The molecule has 0 radical (unpaired) electrons. The van der Waals surface area contributed by atoms with E-state index >= 15 is 0 Å². The Kier molecular flexibility index (Phi) is 6.45. The van der Waals surface area contributed by atoms with E-state index in [1.54, 1.807) is 0 Å². The van der Waals surface area contributed by atoms with Crippen LogP contribution in [0, 0.1) is 0 Å². The molecule has 1 atom stereocenters. The van der Waals surface area contributed by atoms with Crippen LogP contribution in [0.1, 0.15) is 22.9 Å². The first kappa shape index (κ1) is 29.2. The van der Waals surface area contributed by atoms with Crippen LogP contribution in [0.25, 0.3) is 80.7 Å². The highest BCUT2D eigenvalue weighted by atomic mass is 32.1. The fourth-order valence-electron chi connectivity index (χ4n) is 7.94. The Labute approximate surface area is 303 Å². The second-order valence-electron chi connectivity index (χ2n) is 13.3. The number of nitrogens with one attached hydrogen (secondary N) is 1. The number of thiophene rings is 1. The maximum atomic E-state index is 6.31. The van der Waals surface area contributed by atoms with Crippen LogP contribution in [0.2, 0.25) is 0 Å². The number of para-hydroxylation sites is 2. The number of benzene rings is 7. The summed E-state index contributed by atoms with van der Waals surface area (Å²) in [4.78, 5) is 10.7. The van der Waals surface area contributed by atoms with Crippen molar-refractivity contribution in [3.8, 4) is 11.3 Å². The molecule has 0 saturated heterocycles. The molecule has 0 saturated carbocycles. The summed E-state index contributed by atoms with van der Waals surface area (Å²) in [6.45, 7) is 0. The smallest absolute Gasteiger partial charge is 0.146 e. The average Bonchev–Trinajstić information content (AvgIpc) is 3.80. The first-order chi connectivity index (χ1) is 25.8. The molecule has 1 N–H and O–H groups in total. The van der Waals surface area contributed by atoms with Crippen LogP contribution in [0.15, 0.2) is 173 Å². The first-order valence-corrected chi connectivity index (χ1v) is 18.3. The predicted molar refractivity (Wildman–Crippen MR) is 218 cm³/mol. The van der Waals surface area contributed by atoms with Gasteiger partial charge in [0.15, 0.2) is 0 Å². The van der Waals surface area contributed by atoms with Crippen molar-refractivity contribution < 1.29 is 4.42 Å². The maximum absolute atomic E-state index is 6.31. The van der Waals surface area contributed by atoms with Crippen LogP contribution >= 0.6 is 11.3 Å². The Balaban J connectivity index is 1.16. The lowest BCUT2D eigenvalue weighted by molar-refractivity contribution is 0.667. The van der Waals surface area contributed by atoms with Crippen molar-refractivity contribution in [3.05, 3.63) is 180 Å². The van der Waals surface area contributed by atoms with E-state index < -0.39 is 0 Å². The molecule has 1 aliphatic heterocycles. The van der Waals surface area contributed by atoms with Crippen LogP contribution in [0.4, 0.5) is 0 Å². The molecule has 3 aromatic heterocycles. The van der Waals surface area contributed by atoms with E-state index in [4.69, 9.17) is 14.4 Å². The van der Waals surface area contributed by atoms with Gasteiger partial charge in [0.2, 0.25) is 0 Å². The van der Waals surface area contributed by atoms with Crippen LogP contribution in [0.5, 0.6) is 0 Å². The van der Waals surface area contributed by atoms with Crippen molar-refractivity contribution in [1.82, 2.24) is 10.3 Å². The molecule has 5 heteroatoms. The van der Waals surface area contributed by atoms with Crippen LogP contribution < -0.4 is 5.32 Å². The third-order valence-corrected chi connectivity index (χ3v) is 11.6. The van der Waals surface area contributed by atoms with Gasteiger partial charge in [-0.15, -0.1) is 11.3 Å². The lowest BCUT2D eigenvalue weighted by atomic mass is 9.97. The summed E-state index contributed by atoms with van der Waals surface area (Å²) in [6, 6.07) is 55.4. The summed E-state index contributed by atoms with van der Waals surface area (Å²) >= 11 is 1.86. The number of nitrogens with zero attached hydrogens (tertiary/aromatic N) is 2. The number of fused-ring (bicyclic) bond motifs is 10. The van der Waals surface area contributed by atoms with Gasteiger partial charge in [-0.05, 0) is 29.8 Å². The van der Waals surface area contributed by atoms with Crippen molar-refractivity contribution in [3.63, 3.8) is 0 Å². The fraction of sp³-hybridized carbons (Fsp3) is 0.0213. The summed E-state index contributed by atoms with van der Waals surface area (Å²) in [5.74, 6) is 0. The largest absolute Gasteiger partial charge is 0.456 e. The number of aliphatic imine (C=N–C) groups is 1. The molecule has 244 valence electrons. The summed E-state index contributed by atoms with van der Waals surface area (Å²) in [7, 11) is 0. The second kappa shape index (κ2) is 11.5. The van der Waals surface area contributed by atoms with Gasteiger partial charge in [-0.3, -0.25) is 4.99 Å². The molecular weight excluding hydrogens is 655 g/mol. The van der Waals surface area contributed by atoms with Gasteiger partial charge in [-0.1, -0.05) is 140 Å². The second-order valence-corrected chi connectivity index (χ2v) is 14.3. The topological polar surface area (TPSA) is 50.4 Å². The van der Waals surface area contributed by atoms with E-state index in [0.717, 1.165) is 72.2 Å². The number of rotatable bonds is 4. The van der Waals surface area contributed by atoms with Gasteiger partial charge in [-0.2, -0.15) is 0 Å². The van der Waals surface area contributed by atoms with Crippen molar-refractivity contribution in [2.75, 3.05) is 0 Å². The number of pyridine rings is 1. The molecule has 52 heavy (non-hydrogen) atoms. The quantitative estimate of drug-likeness (QED) is 0.188. The number of furan rings is 1. The molecule has 0 fully saturated rings. The van der Waals surface area contributed by atoms with Gasteiger partial charge < -0.3 is 9.73 Å². The highest BCUT2D eigenvalue weighted by molar-refractivity contribution is 7.27. The highest BCUT2D eigenvalue weighted by Crippen LogP contribution is 2.46. The van der Waals surface area contributed by atoms with Gasteiger partial charge >= 0.3 is 0 Å². The lowest BCUT2D eigenvalue weighted by Crippen LogP contribution is -2.25. The van der Waals surface area contributed by atoms with Crippen LogP contribution in [-0.4, -0.2) is 10.7 Å². The van der Waals surface area contributed by atoms with Gasteiger partial charge in [-0.25, -0.2) is 4.98 Å². The Bertz CT molecular complexity index is 3100. The maximum Gasteiger partial charge on any atom is 0.146 e. The normalized spacial score (nSPS) is 14.7. The molecule has 1 aliphatic rings. The molecule has 11 rings (SSSR count). The van der Waals surface area contributed by atoms with Gasteiger partial charge in [0.25, 0.3) is 0 Å². The highest BCUT2D eigenvalue weighted by Gasteiger charge is 2.25. The minimum Gasteiger partial charge on any atom is -0.456 e. The molecule has 0 aliphatic carbocycles. The molecule has 7 aromatic carbocycles. The molecule has 0 amide bonds. The molecular formula is C47H29N3OS.